The van der Waals surface area contributed by atoms with Gasteiger partial charge < -0.3 is 157 Å². The largest absolute Gasteiger partial charge is 0.396 e. The normalized spacial score (nSPS) is 17.9. The number of methoxy groups -OCH3 is 3. The third kappa shape index (κ3) is 46.7. The van der Waals surface area contributed by atoms with Crippen molar-refractivity contribution in [1.29, 1.82) is 0 Å². The minimum atomic E-state index is -1.18. The molecule has 0 aliphatic carbocycles. The first kappa shape index (κ1) is 84.7. The van der Waals surface area contributed by atoms with Gasteiger partial charge in [-0.3, -0.25) is 0 Å². The molecule has 0 saturated heterocycles. The highest BCUT2D eigenvalue weighted by Crippen LogP contribution is 2.25. The van der Waals surface area contributed by atoms with Crippen LogP contribution in [0.2, 0.25) is 0 Å². The summed E-state index contributed by atoms with van der Waals surface area (Å²) in [4.78, 5) is 0. The highest BCUT2D eigenvalue weighted by molar-refractivity contribution is 4.79. The van der Waals surface area contributed by atoms with Gasteiger partial charge in [0.05, 0.1) is 205 Å². The molecule has 0 aliphatic heterocycles. The van der Waals surface area contributed by atoms with Gasteiger partial charge >= 0.3 is 0 Å². The standard InChI is InChI=1S/C54H110O32/c1-5-54(37-78-21-45(67)18-74-16-41(63)10-57,38-79-22-46(68)20-75-28-49(25-69-2)82-24-43(65)12-59)39-80-32-52(85-35-50(26-70-3)84-34-48(14-61)81-23-42(64)11-58)31-77-30-51(29-76-19-44(66)17-73-15-40(62)9-56)86-36-53(27-72-8-6-7-55)83-33-47(13-60)71-4/h40-53,55-68H,5-39H2,1-4H3. The van der Waals surface area contributed by atoms with Crippen LogP contribution < -0.4 is 0 Å². The molecule has 15 atom stereocenters. The van der Waals surface area contributed by atoms with E-state index in [0.717, 1.165) is 0 Å². The zero-order valence-corrected chi connectivity index (χ0v) is 50.9. The molecule has 0 aromatic heterocycles. The number of aliphatic hydroxyl groups excluding tert-OH is 14. The van der Waals surface area contributed by atoms with E-state index in [1.807, 2.05) is 6.92 Å². The van der Waals surface area contributed by atoms with E-state index in [-0.39, 0.29) is 185 Å². The van der Waals surface area contributed by atoms with Gasteiger partial charge in [0, 0.05) is 40.0 Å². The van der Waals surface area contributed by atoms with E-state index in [1.54, 1.807) is 0 Å². The van der Waals surface area contributed by atoms with Crippen LogP contribution in [0.15, 0.2) is 0 Å². The Labute approximate surface area is 505 Å². The quantitative estimate of drug-likeness (QED) is 0.0252. The lowest BCUT2D eigenvalue weighted by Gasteiger charge is -2.33. The minimum absolute atomic E-state index is 0.00488. The Balaban J connectivity index is 6.70. The zero-order chi connectivity index (χ0) is 64.1. The van der Waals surface area contributed by atoms with Crippen molar-refractivity contribution in [3.63, 3.8) is 0 Å². The molecular formula is C54H110O32. The second-order valence-electron chi connectivity index (χ2n) is 20.4. The van der Waals surface area contributed by atoms with Gasteiger partial charge in [-0.1, -0.05) is 6.92 Å². The third-order valence-electron chi connectivity index (χ3n) is 12.1. The Kier molecular flexibility index (Phi) is 56.8. The van der Waals surface area contributed by atoms with E-state index >= 15 is 0 Å². The molecule has 0 spiro atoms. The first-order valence-corrected chi connectivity index (χ1v) is 29.0. The van der Waals surface area contributed by atoms with Crippen LogP contribution in [0.5, 0.6) is 0 Å². The van der Waals surface area contributed by atoms with E-state index in [2.05, 4.69) is 0 Å². The van der Waals surface area contributed by atoms with Crippen molar-refractivity contribution < 1.29 is 157 Å². The van der Waals surface area contributed by atoms with Gasteiger partial charge in [-0.2, -0.15) is 0 Å². The monoisotopic (exact) mass is 1270 g/mol. The summed E-state index contributed by atoms with van der Waals surface area (Å²) in [5, 5.41) is 136. The molecule has 0 rings (SSSR count). The van der Waals surface area contributed by atoms with Gasteiger partial charge in [-0.05, 0) is 12.8 Å². The fraction of sp³-hybridized carbons (Fsp3) is 1.00. The Morgan fingerprint density at radius 3 is 0.942 bits per heavy atom. The smallest absolute Gasteiger partial charge is 0.104 e. The van der Waals surface area contributed by atoms with Crippen LogP contribution in [0.3, 0.4) is 0 Å². The van der Waals surface area contributed by atoms with Gasteiger partial charge in [0.15, 0.2) is 0 Å². The second kappa shape index (κ2) is 57.6. The Hall–Kier alpha value is -1.28. The number of hydrogen-bond acceptors (Lipinski definition) is 32. The van der Waals surface area contributed by atoms with Crippen LogP contribution >= 0.6 is 0 Å². The average Bonchev–Trinajstić information content (AvgIpc) is 3.68. The predicted octanol–water partition coefficient (Wildman–Crippen LogP) is -6.99. The average molecular weight is 1270 g/mol. The SMILES string of the molecule is CCC(COCC(O)COCC(O)CO)(COCC(O)COCC(COC)OCC(O)CO)COCC(COCC(COCC(O)COCC(O)CO)OCC(COCCCO)OCC(CO)OC)OCC(COC)OCC(CO)OCC(O)CO. The highest BCUT2D eigenvalue weighted by atomic mass is 16.6. The molecule has 0 saturated carbocycles. The van der Waals surface area contributed by atoms with Crippen molar-refractivity contribution in [2.24, 2.45) is 5.41 Å². The van der Waals surface area contributed by atoms with Crippen LogP contribution in [0, 0.1) is 5.41 Å². The van der Waals surface area contributed by atoms with Crippen molar-refractivity contribution in [1.82, 2.24) is 0 Å². The molecule has 0 amide bonds. The molecule has 32 nitrogen and oxygen atoms in total. The van der Waals surface area contributed by atoms with E-state index in [1.165, 1.54) is 21.3 Å². The molecule has 0 aromatic rings. The molecule has 0 fully saturated rings. The third-order valence-corrected chi connectivity index (χ3v) is 12.1. The van der Waals surface area contributed by atoms with E-state index in [9.17, 15) is 56.2 Å². The van der Waals surface area contributed by atoms with Crippen LogP contribution in [0.25, 0.3) is 0 Å². The van der Waals surface area contributed by atoms with Crippen molar-refractivity contribution in [2.75, 3.05) is 239 Å². The molecule has 86 heavy (non-hydrogen) atoms. The minimum Gasteiger partial charge on any atom is -0.396 e. The van der Waals surface area contributed by atoms with Gasteiger partial charge in [-0.15, -0.1) is 0 Å². The van der Waals surface area contributed by atoms with Crippen molar-refractivity contribution >= 4 is 0 Å². The summed E-state index contributed by atoms with van der Waals surface area (Å²) >= 11 is 0. The van der Waals surface area contributed by atoms with Crippen molar-refractivity contribution in [3.05, 3.63) is 0 Å². The summed E-state index contributed by atoms with van der Waals surface area (Å²) in [5.41, 5.74) is -0.930. The molecule has 32 heteroatoms. The predicted molar refractivity (Wildman–Crippen MR) is 299 cm³/mol. The Morgan fingerprint density at radius 1 is 0.279 bits per heavy atom. The highest BCUT2D eigenvalue weighted by Gasteiger charge is 2.32. The molecule has 518 valence electrons. The molecule has 0 aromatic carbocycles. The van der Waals surface area contributed by atoms with Crippen LogP contribution in [0.1, 0.15) is 19.8 Å². The fourth-order valence-corrected chi connectivity index (χ4v) is 6.99. The van der Waals surface area contributed by atoms with Crippen LogP contribution in [-0.2, 0) is 85.3 Å². The van der Waals surface area contributed by atoms with E-state index in [4.69, 9.17) is 101 Å². The summed E-state index contributed by atoms with van der Waals surface area (Å²) in [6.45, 7) is -3.77. The van der Waals surface area contributed by atoms with Gasteiger partial charge in [0.2, 0.25) is 0 Å². The number of ether oxygens (including phenoxy) is 18. The molecule has 14 N–H and O–H groups in total. The molecular weight excluding hydrogens is 1160 g/mol. The molecule has 0 aliphatic rings. The van der Waals surface area contributed by atoms with Crippen LogP contribution in [0.4, 0.5) is 0 Å². The topological polar surface area (TPSA) is 449 Å². The summed E-state index contributed by atoms with van der Waals surface area (Å²) in [6, 6.07) is 0. The summed E-state index contributed by atoms with van der Waals surface area (Å²) in [7, 11) is 4.33. The van der Waals surface area contributed by atoms with Crippen molar-refractivity contribution in [2.45, 2.75) is 105 Å². The van der Waals surface area contributed by atoms with Gasteiger partial charge in [0.25, 0.3) is 0 Å². The van der Waals surface area contributed by atoms with Gasteiger partial charge in [-0.25, -0.2) is 0 Å². The summed E-state index contributed by atoms with van der Waals surface area (Å²) in [6.07, 6.45) is -12.4. The molecule has 15 unspecified atom stereocenters. The lowest BCUT2D eigenvalue weighted by atomic mass is 9.88. The summed E-state index contributed by atoms with van der Waals surface area (Å²) in [5.74, 6) is 0. The lowest BCUT2D eigenvalue weighted by Crippen LogP contribution is -2.41. The number of rotatable bonds is 67. The molecule has 0 heterocycles. The Morgan fingerprint density at radius 2 is 0.558 bits per heavy atom. The molecule has 0 radical (unpaired) electrons. The van der Waals surface area contributed by atoms with Crippen LogP contribution in [-0.4, -0.2) is 396 Å². The lowest BCUT2D eigenvalue weighted by molar-refractivity contribution is -0.150. The number of aliphatic hydroxyl groups is 14. The fourth-order valence-electron chi connectivity index (χ4n) is 6.99. The maximum atomic E-state index is 10.9. The Bertz CT molecular complexity index is 1420. The van der Waals surface area contributed by atoms with E-state index < -0.39 is 124 Å². The second-order valence-corrected chi connectivity index (χ2v) is 20.4. The zero-order valence-electron chi connectivity index (χ0n) is 50.9. The number of hydrogen-bond donors (Lipinski definition) is 14. The van der Waals surface area contributed by atoms with Gasteiger partial charge in [0.1, 0.15) is 85.5 Å². The maximum Gasteiger partial charge on any atom is 0.104 e. The molecule has 0 bridgehead atoms. The van der Waals surface area contributed by atoms with Crippen molar-refractivity contribution in [3.8, 4) is 0 Å². The maximum absolute atomic E-state index is 10.9. The first-order valence-electron chi connectivity index (χ1n) is 29.0. The summed E-state index contributed by atoms with van der Waals surface area (Å²) < 4.78 is 104. The first-order chi connectivity index (χ1) is 41.5. The van der Waals surface area contributed by atoms with E-state index in [0.29, 0.717) is 12.8 Å².